The van der Waals surface area contributed by atoms with Crippen LogP contribution in [0.25, 0.3) is 11.5 Å². The van der Waals surface area contributed by atoms with Crippen molar-refractivity contribution in [3.8, 4) is 11.5 Å². The van der Waals surface area contributed by atoms with Crippen LogP contribution in [0.2, 0.25) is 0 Å². The Labute approximate surface area is 115 Å². The van der Waals surface area contributed by atoms with E-state index in [0.29, 0.717) is 11.3 Å². The molecule has 7 heteroatoms. The normalized spacial score (nSPS) is 11.6. The van der Waals surface area contributed by atoms with Crippen molar-refractivity contribution in [2.75, 3.05) is 0 Å². The highest BCUT2D eigenvalue weighted by atomic mass is 16.4. The summed E-state index contributed by atoms with van der Waals surface area (Å²) in [4.78, 5) is 23.4. The maximum atomic E-state index is 11.8. The number of carbonyl (C=O) groups excluding carboxylic acids is 1. The van der Waals surface area contributed by atoms with Crippen LogP contribution in [0.3, 0.4) is 0 Å². The van der Waals surface area contributed by atoms with Gasteiger partial charge in [0.1, 0.15) is 12.3 Å². The quantitative estimate of drug-likeness (QED) is 0.915. The zero-order chi connectivity index (χ0) is 14.9. The third-order valence-electron chi connectivity index (χ3n) is 2.50. The van der Waals surface area contributed by atoms with Crippen molar-refractivity contribution in [2.24, 2.45) is 0 Å². The molecule has 0 aromatic carbocycles. The fourth-order valence-electron chi connectivity index (χ4n) is 1.72. The third-order valence-corrected chi connectivity index (χ3v) is 2.50. The van der Waals surface area contributed by atoms with Crippen LogP contribution in [0.5, 0.6) is 0 Å². The summed E-state index contributed by atoms with van der Waals surface area (Å²) in [6.45, 7) is 7.13. The lowest BCUT2D eigenvalue weighted by atomic mass is 10.1. The largest absolute Gasteiger partial charge is 0.469 e. The summed E-state index contributed by atoms with van der Waals surface area (Å²) in [5, 5.41) is 6.75. The van der Waals surface area contributed by atoms with E-state index in [2.05, 4.69) is 10.4 Å². The van der Waals surface area contributed by atoms with Gasteiger partial charge in [0, 0.05) is 5.54 Å². The molecule has 0 spiro atoms. The van der Waals surface area contributed by atoms with E-state index in [9.17, 15) is 9.59 Å². The van der Waals surface area contributed by atoms with E-state index in [0.717, 1.165) is 4.68 Å². The Morgan fingerprint density at radius 2 is 2.15 bits per heavy atom. The molecule has 0 aliphatic carbocycles. The number of nitrogens with zero attached hydrogens (tertiary/aromatic N) is 2. The number of carbonyl (C=O) groups is 1. The Kier molecular flexibility index (Phi) is 3.52. The van der Waals surface area contributed by atoms with E-state index < -0.39 is 5.76 Å². The van der Waals surface area contributed by atoms with Crippen LogP contribution in [-0.4, -0.2) is 21.2 Å². The van der Waals surface area contributed by atoms with Crippen molar-refractivity contribution in [1.82, 2.24) is 15.1 Å². The lowest BCUT2D eigenvalue weighted by molar-refractivity contribution is -0.123. The van der Waals surface area contributed by atoms with Crippen LogP contribution in [0.1, 0.15) is 26.5 Å². The lowest BCUT2D eigenvalue weighted by Crippen LogP contribution is -2.43. The zero-order valence-electron chi connectivity index (χ0n) is 11.9. The van der Waals surface area contributed by atoms with Crippen molar-refractivity contribution in [3.63, 3.8) is 0 Å². The standard InChI is InChI=1S/C13H17N3O4/c1-8-9(5-6-19-8)11-15-16(12(18)20-11)7-10(17)14-13(2,3)4/h5-6H,7H2,1-4H3,(H,14,17). The monoisotopic (exact) mass is 279 g/mol. The molecule has 2 heterocycles. The van der Waals surface area contributed by atoms with Gasteiger partial charge in [-0.15, -0.1) is 5.10 Å². The molecule has 0 fully saturated rings. The second kappa shape index (κ2) is 4.99. The smallest absolute Gasteiger partial charge is 0.437 e. The fourth-order valence-corrected chi connectivity index (χ4v) is 1.72. The molecule has 2 rings (SSSR count). The van der Waals surface area contributed by atoms with Gasteiger partial charge < -0.3 is 14.2 Å². The summed E-state index contributed by atoms with van der Waals surface area (Å²) in [5.74, 6) is -0.240. The molecule has 0 atom stereocenters. The van der Waals surface area contributed by atoms with Gasteiger partial charge in [0.25, 0.3) is 5.89 Å². The van der Waals surface area contributed by atoms with E-state index in [1.165, 1.54) is 6.26 Å². The van der Waals surface area contributed by atoms with Gasteiger partial charge in [0.2, 0.25) is 5.91 Å². The lowest BCUT2D eigenvalue weighted by Gasteiger charge is -2.19. The van der Waals surface area contributed by atoms with Crippen LogP contribution in [-0.2, 0) is 11.3 Å². The van der Waals surface area contributed by atoms with E-state index >= 15 is 0 Å². The summed E-state index contributed by atoms with van der Waals surface area (Å²) in [7, 11) is 0. The summed E-state index contributed by atoms with van der Waals surface area (Å²) < 4.78 is 11.1. The van der Waals surface area contributed by atoms with Crippen molar-refractivity contribution >= 4 is 5.91 Å². The molecule has 0 aliphatic heterocycles. The predicted octanol–water partition coefficient (Wildman–Crippen LogP) is 1.32. The van der Waals surface area contributed by atoms with Gasteiger partial charge in [-0.25, -0.2) is 4.79 Å². The first-order valence-corrected chi connectivity index (χ1v) is 6.20. The molecule has 0 saturated carbocycles. The highest BCUT2D eigenvalue weighted by Crippen LogP contribution is 2.20. The van der Waals surface area contributed by atoms with Crippen LogP contribution >= 0.6 is 0 Å². The van der Waals surface area contributed by atoms with Crippen molar-refractivity contribution < 1.29 is 13.6 Å². The highest BCUT2D eigenvalue weighted by Gasteiger charge is 2.18. The molecule has 20 heavy (non-hydrogen) atoms. The second-order valence-electron chi connectivity index (χ2n) is 5.52. The highest BCUT2D eigenvalue weighted by molar-refractivity contribution is 5.76. The van der Waals surface area contributed by atoms with Crippen molar-refractivity contribution in [2.45, 2.75) is 39.8 Å². The zero-order valence-corrected chi connectivity index (χ0v) is 11.9. The molecule has 1 N–H and O–H groups in total. The summed E-state index contributed by atoms with van der Waals surface area (Å²) in [6, 6.07) is 1.65. The van der Waals surface area contributed by atoms with E-state index in [4.69, 9.17) is 8.83 Å². The minimum atomic E-state index is -0.676. The second-order valence-corrected chi connectivity index (χ2v) is 5.52. The van der Waals surface area contributed by atoms with Crippen LogP contribution in [0.15, 0.2) is 26.0 Å². The predicted molar refractivity (Wildman–Crippen MR) is 71.1 cm³/mol. The van der Waals surface area contributed by atoms with Gasteiger partial charge in [0.15, 0.2) is 0 Å². The number of hydrogen-bond acceptors (Lipinski definition) is 5. The molecular formula is C13H17N3O4. The van der Waals surface area contributed by atoms with Gasteiger partial charge in [-0.2, -0.15) is 4.68 Å². The van der Waals surface area contributed by atoms with Crippen LogP contribution in [0.4, 0.5) is 0 Å². The first-order chi connectivity index (χ1) is 9.26. The molecule has 7 nitrogen and oxygen atoms in total. The molecule has 0 saturated heterocycles. The maximum absolute atomic E-state index is 11.8. The van der Waals surface area contributed by atoms with Gasteiger partial charge >= 0.3 is 5.76 Å². The SMILES string of the molecule is Cc1occc1-c1nn(CC(=O)NC(C)(C)C)c(=O)o1. The first-order valence-electron chi connectivity index (χ1n) is 6.20. The van der Waals surface area contributed by atoms with Gasteiger partial charge in [-0.05, 0) is 33.8 Å². The topological polar surface area (TPSA) is 90.3 Å². The Morgan fingerprint density at radius 3 is 2.70 bits per heavy atom. The molecule has 0 unspecified atom stereocenters. The van der Waals surface area contributed by atoms with E-state index in [1.807, 2.05) is 20.8 Å². The third kappa shape index (κ3) is 3.17. The summed E-state index contributed by atoms with van der Waals surface area (Å²) in [5.41, 5.74) is 0.228. The summed E-state index contributed by atoms with van der Waals surface area (Å²) >= 11 is 0. The minimum absolute atomic E-state index is 0.143. The van der Waals surface area contributed by atoms with Crippen LogP contribution < -0.4 is 11.1 Å². The number of hydrogen-bond donors (Lipinski definition) is 1. The first kappa shape index (κ1) is 14.1. The minimum Gasteiger partial charge on any atom is -0.469 e. The Morgan fingerprint density at radius 1 is 1.45 bits per heavy atom. The molecule has 1 amide bonds. The number of furan rings is 1. The summed E-state index contributed by atoms with van der Waals surface area (Å²) in [6.07, 6.45) is 1.48. The van der Waals surface area contributed by atoms with E-state index in [-0.39, 0.29) is 23.9 Å². The van der Waals surface area contributed by atoms with Gasteiger partial charge in [-0.1, -0.05) is 0 Å². The fraction of sp³-hybridized carbons (Fsp3) is 0.462. The number of aryl methyl sites for hydroxylation is 1. The van der Waals surface area contributed by atoms with E-state index in [1.54, 1.807) is 13.0 Å². The molecule has 108 valence electrons. The Hall–Kier alpha value is -2.31. The van der Waals surface area contributed by atoms with Crippen molar-refractivity contribution in [1.29, 1.82) is 0 Å². The molecule has 2 aromatic heterocycles. The number of rotatable bonds is 3. The Balaban J connectivity index is 2.19. The number of amides is 1. The Bertz CT molecular complexity index is 672. The average molecular weight is 279 g/mol. The molecule has 2 aromatic rings. The average Bonchev–Trinajstić information content (AvgIpc) is 2.83. The van der Waals surface area contributed by atoms with Crippen LogP contribution in [0, 0.1) is 6.92 Å². The number of nitrogens with one attached hydrogen (secondary N) is 1. The maximum Gasteiger partial charge on any atom is 0.437 e. The van der Waals surface area contributed by atoms with Crippen molar-refractivity contribution in [3.05, 3.63) is 28.6 Å². The molecule has 0 aliphatic rings. The van der Waals surface area contributed by atoms with Gasteiger partial charge in [0.05, 0.1) is 11.8 Å². The van der Waals surface area contributed by atoms with Gasteiger partial charge in [-0.3, -0.25) is 4.79 Å². The number of aromatic nitrogens is 2. The molecular weight excluding hydrogens is 262 g/mol. The molecule has 0 radical (unpaired) electrons. The molecule has 0 bridgehead atoms.